The van der Waals surface area contributed by atoms with E-state index in [-0.39, 0.29) is 5.56 Å². The average Bonchev–Trinajstić information content (AvgIpc) is 1.88. The maximum Gasteiger partial charge on any atom is 0.336 e. The number of carboxylic acids is 1. The highest BCUT2D eigenvalue weighted by atomic mass is 19.1. The van der Waals surface area contributed by atoms with Gasteiger partial charge in [0, 0.05) is 18.3 Å². The monoisotopic (exact) mass is 140 g/mol. The second kappa shape index (κ2) is 2.43. The number of halogens is 1. The van der Waals surface area contributed by atoms with E-state index in [1.54, 1.807) is 0 Å². The van der Waals surface area contributed by atoms with Gasteiger partial charge in [-0.05, 0) is 0 Å². The van der Waals surface area contributed by atoms with Gasteiger partial charge in [0.25, 0.3) is 0 Å². The molecular formula is C6H3FNO2. The van der Waals surface area contributed by atoms with Crippen LogP contribution >= 0.6 is 0 Å². The third-order valence-electron chi connectivity index (χ3n) is 0.902. The topological polar surface area (TPSA) is 50.2 Å². The van der Waals surface area contributed by atoms with Crippen molar-refractivity contribution < 1.29 is 14.3 Å². The minimum absolute atomic E-state index is 0.215. The largest absolute Gasteiger partial charge is 0.478 e. The van der Waals surface area contributed by atoms with E-state index in [9.17, 15) is 9.18 Å². The number of hydrogen-bond acceptors (Lipinski definition) is 2. The SMILES string of the molecule is O=C(O)c1[c]cnc(F)c1. The molecule has 0 saturated heterocycles. The molecule has 0 unspecified atom stereocenters. The molecule has 1 aromatic heterocycles. The fourth-order valence-corrected chi connectivity index (χ4v) is 0.485. The lowest BCUT2D eigenvalue weighted by molar-refractivity contribution is 0.0695. The molecule has 1 aromatic rings. The van der Waals surface area contributed by atoms with Crippen molar-refractivity contribution >= 4 is 5.97 Å². The molecule has 0 bridgehead atoms. The Kier molecular flexibility index (Phi) is 1.62. The van der Waals surface area contributed by atoms with Crippen molar-refractivity contribution in [2.24, 2.45) is 0 Å². The number of pyridine rings is 1. The van der Waals surface area contributed by atoms with Crippen LogP contribution in [0.4, 0.5) is 4.39 Å². The van der Waals surface area contributed by atoms with Crippen LogP contribution in [0.25, 0.3) is 0 Å². The molecule has 0 amide bonds. The molecule has 0 aliphatic carbocycles. The Balaban J connectivity index is 3.07. The predicted molar refractivity (Wildman–Crippen MR) is 30.0 cm³/mol. The first-order valence-electron chi connectivity index (χ1n) is 2.46. The summed E-state index contributed by atoms with van der Waals surface area (Å²) in [5.41, 5.74) is -0.215. The van der Waals surface area contributed by atoms with Gasteiger partial charge in [-0.15, -0.1) is 0 Å². The summed E-state index contributed by atoms with van der Waals surface area (Å²) in [7, 11) is 0. The van der Waals surface area contributed by atoms with Crippen LogP contribution in [0.1, 0.15) is 10.4 Å². The van der Waals surface area contributed by atoms with Gasteiger partial charge in [0.15, 0.2) is 0 Å². The third kappa shape index (κ3) is 1.28. The molecule has 3 nitrogen and oxygen atoms in total. The number of carbonyl (C=O) groups is 1. The van der Waals surface area contributed by atoms with Crippen molar-refractivity contribution in [1.82, 2.24) is 4.98 Å². The van der Waals surface area contributed by atoms with E-state index in [1.165, 1.54) is 0 Å². The van der Waals surface area contributed by atoms with Gasteiger partial charge < -0.3 is 5.11 Å². The van der Waals surface area contributed by atoms with Crippen LogP contribution in [0.5, 0.6) is 0 Å². The van der Waals surface area contributed by atoms with Gasteiger partial charge in [-0.25, -0.2) is 9.78 Å². The van der Waals surface area contributed by atoms with E-state index < -0.39 is 11.9 Å². The summed E-state index contributed by atoms with van der Waals surface area (Å²) in [5, 5.41) is 8.28. The van der Waals surface area contributed by atoms with E-state index in [0.717, 1.165) is 12.3 Å². The standard InChI is InChI=1S/C6H3FNO2/c7-5-3-4(6(9)10)1-2-8-5/h2-3H,(H,9,10). The summed E-state index contributed by atoms with van der Waals surface area (Å²) in [5.74, 6) is -2.02. The maximum absolute atomic E-state index is 12.1. The maximum atomic E-state index is 12.1. The van der Waals surface area contributed by atoms with Gasteiger partial charge in [-0.3, -0.25) is 0 Å². The van der Waals surface area contributed by atoms with E-state index in [1.807, 2.05) is 0 Å². The van der Waals surface area contributed by atoms with Crippen molar-refractivity contribution in [1.29, 1.82) is 0 Å². The smallest absolute Gasteiger partial charge is 0.336 e. The van der Waals surface area contributed by atoms with Crippen molar-refractivity contribution in [3.05, 3.63) is 29.8 Å². The predicted octanol–water partition coefficient (Wildman–Crippen LogP) is 0.719. The van der Waals surface area contributed by atoms with E-state index in [2.05, 4.69) is 11.1 Å². The Morgan fingerprint density at radius 1 is 1.80 bits per heavy atom. The van der Waals surface area contributed by atoms with Crippen molar-refractivity contribution in [3.8, 4) is 0 Å². The number of rotatable bonds is 1. The number of aromatic carboxylic acids is 1. The summed E-state index contributed by atoms with van der Waals surface area (Å²) >= 11 is 0. The van der Waals surface area contributed by atoms with Crippen LogP contribution in [0.15, 0.2) is 12.3 Å². The molecule has 0 spiro atoms. The molecule has 10 heavy (non-hydrogen) atoms. The minimum Gasteiger partial charge on any atom is -0.478 e. The van der Waals surface area contributed by atoms with Gasteiger partial charge in [0.1, 0.15) is 0 Å². The highest BCUT2D eigenvalue weighted by Gasteiger charge is 2.02. The molecular weight excluding hydrogens is 137 g/mol. The molecule has 0 fully saturated rings. The zero-order valence-corrected chi connectivity index (χ0v) is 4.84. The lowest BCUT2D eigenvalue weighted by Crippen LogP contribution is -1.97. The minimum atomic E-state index is -1.21. The zero-order chi connectivity index (χ0) is 7.56. The quantitative estimate of drug-likeness (QED) is 0.584. The summed E-state index contributed by atoms with van der Waals surface area (Å²) in [6, 6.07) is 3.07. The molecule has 1 heterocycles. The lowest BCUT2D eigenvalue weighted by atomic mass is 10.3. The van der Waals surface area contributed by atoms with Gasteiger partial charge >= 0.3 is 5.97 Å². The van der Waals surface area contributed by atoms with Gasteiger partial charge in [-0.1, -0.05) is 0 Å². The first-order chi connectivity index (χ1) is 4.70. The highest BCUT2D eigenvalue weighted by Crippen LogP contribution is 1.97. The van der Waals surface area contributed by atoms with E-state index in [0.29, 0.717) is 0 Å². The summed E-state index contributed by atoms with van der Waals surface area (Å²) in [4.78, 5) is 13.3. The van der Waals surface area contributed by atoms with Crippen LogP contribution in [-0.4, -0.2) is 16.1 Å². The lowest BCUT2D eigenvalue weighted by Gasteiger charge is -1.89. The van der Waals surface area contributed by atoms with Crippen LogP contribution in [0.2, 0.25) is 0 Å². The van der Waals surface area contributed by atoms with Gasteiger partial charge in [0.2, 0.25) is 5.95 Å². The van der Waals surface area contributed by atoms with Crippen LogP contribution < -0.4 is 0 Å². The Morgan fingerprint density at radius 2 is 2.50 bits per heavy atom. The molecule has 0 aliphatic heterocycles. The molecule has 1 radical (unpaired) electrons. The fourth-order valence-electron chi connectivity index (χ4n) is 0.485. The molecule has 0 aliphatic rings. The number of carboxylic acid groups (broad SMARTS) is 1. The van der Waals surface area contributed by atoms with Gasteiger partial charge in [-0.2, -0.15) is 4.39 Å². The Morgan fingerprint density at radius 3 is 2.90 bits per heavy atom. The Bertz CT molecular complexity index is 262. The normalized spacial score (nSPS) is 9.30. The average molecular weight is 140 g/mol. The van der Waals surface area contributed by atoms with Gasteiger partial charge in [0.05, 0.1) is 5.56 Å². The molecule has 4 heteroatoms. The first kappa shape index (κ1) is 6.67. The summed E-state index contributed by atoms with van der Waals surface area (Å²) in [6.45, 7) is 0. The number of nitrogens with zero attached hydrogens (tertiary/aromatic N) is 1. The summed E-state index contributed by atoms with van der Waals surface area (Å²) < 4.78 is 12.1. The molecule has 1 N–H and O–H groups in total. The molecule has 0 saturated carbocycles. The molecule has 1 rings (SSSR count). The Labute approximate surface area is 56.1 Å². The van der Waals surface area contributed by atoms with E-state index >= 15 is 0 Å². The van der Waals surface area contributed by atoms with Crippen molar-refractivity contribution in [2.75, 3.05) is 0 Å². The second-order valence-electron chi connectivity index (χ2n) is 1.59. The molecule has 51 valence electrons. The molecule has 0 aromatic carbocycles. The van der Waals surface area contributed by atoms with Crippen LogP contribution in [0.3, 0.4) is 0 Å². The van der Waals surface area contributed by atoms with Crippen molar-refractivity contribution in [3.63, 3.8) is 0 Å². The second-order valence-corrected chi connectivity index (χ2v) is 1.59. The van der Waals surface area contributed by atoms with Crippen molar-refractivity contribution in [2.45, 2.75) is 0 Å². The summed E-state index contributed by atoms with van der Waals surface area (Å²) in [6.07, 6.45) is 0.985. The number of aromatic nitrogens is 1. The number of hydrogen-bond donors (Lipinski definition) is 1. The first-order valence-corrected chi connectivity index (χ1v) is 2.46. The Hall–Kier alpha value is -1.45. The third-order valence-corrected chi connectivity index (χ3v) is 0.902. The van der Waals surface area contributed by atoms with Crippen LogP contribution in [0, 0.1) is 12.0 Å². The fraction of sp³-hybridized carbons (Fsp3) is 0. The van der Waals surface area contributed by atoms with E-state index in [4.69, 9.17) is 5.11 Å². The molecule has 0 atom stereocenters. The highest BCUT2D eigenvalue weighted by molar-refractivity contribution is 5.86. The van der Waals surface area contributed by atoms with Crippen LogP contribution in [-0.2, 0) is 0 Å². The zero-order valence-electron chi connectivity index (χ0n) is 4.84.